The molecule has 31 heavy (non-hydrogen) atoms. The van der Waals surface area contributed by atoms with E-state index in [1.54, 1.807) is 0 Å². The average Bonchev–Trinajstić information content (AvgIpc) is 3.17. The maximum absolute atomic E-state index is 13.6. The lowest BCUT2D eigenvalue weighted by Crippen LogP contribution is -2.63. The van der Waals surface area contributed by atoms with E-state index in [-0.39, 0.29) is 46.7 Å². The first kappa shape index (κ1) is 23.5. The Balaban J connectivity index is 2.03. The summed E-state index contributed by atoms with van der Waals surface area (Å²) in [6, 6.07) is 4.97. The number of thiophene rings is 1. The maximum Gasteiger partial charge on any atom is 0.259 e. The molecule has 1 aromatic carbocycles. The molecule has 0 aliphatic carbocycles. The molecule has 0 saturated carbocycles. The van der Waals surface area contributed by atoms with Gasteiger partial charge in [-0.2, -0.15) is 4.31 Å². The highest BCUT2D eigenvalue weighted by Gasteiger charge is 2.44. The van der Waals surface area contributed by atoms with E-state index in [0.717, 1.165) is 32.7 Å². The van der Waals surface area contributed by atoms with E-state index in [1.165, 1.54) is 12.1 Å². The molecule has 1 atom stereocenters. The Labute approximate surface area is 186 Å². The number of nitrogens with zero attached hydrogens (tertiary/aromatic N) is 2. The lowest BCUT2D eigenvalue weighted by Gasteiger charge is -2.41. The van der Waals surface area contributed by atoms with Crippen LogP contribution in [0.4, 0.5) is 8.78 Å². The summed E-state index contributed by atoms with van der Waals surface area (Å²) in [5, 5.41) is 2.49. The van der Waals surface area contributed by atoms with Crippen LogP contribution in [0.3, 0.4) is 0 Å². The highest BCUT2D eigenvalue weighted by atomic mass is 35.5. The molecule has 3 rings (SSSR count). The lowest BCUT2D eigenvalue weighted by atomic mass is 10.1. The smallest absolute Gasteiger partial charge is 0.259 e. The molecule has 0 bridgehead atoms. The van der Waals surface area contributed by atoms with Crippen molar-refractivity contribution in [3.05, 3.63) is 51.9 Å². The van der Waals surface area contributed by atoms with Crippen LogP contribution >= 0.6 is 22.9 Å². The zero-order valence-electron chi connectivity index (χ0n) is 16.1. The first-order chi connectivity index (χ1) is 14.6. The number of halogens is 3. The van der Waals surface area contributed by atoms with E-state index in [1.807, 2.05) is 0 Å². The monoisotopic (exact) mass is 492 g/mol. The highest BCUT2D eigenvalue weighted by Crippen LogP contribution is 2.31. The van der Waals surface area contributed by atoms with E-state index in [0.29, 0.717) is 6.07 Å². The van der Waals surface area contributed by atoms with E-state index < -0.39 is 39.6 Å². The molecular formula is C18H19ClF2N4O4S2. The fraction of sp³-hybridized carbons (Fsp3) is 0.333. The van der Waals surface area contributed by atoms with Crippen LogP contribution in [0, 0.1) is 11.6 Å². The number of nitrogens with two attached hydrogens (primary N) is 1. The van der Waals surface area contributed by atoms with Gasteiger partial charge in [0.1, 0.15) is 15.8 Å². The SMILES string of the molecule is NCCNC(=O)C1N(C(=O)c2cc(F)cc(F)c2)CCCN1S(=O)(=O)c1ccc(Cl)s1. The molecule has 1 aliphatic rings. The summed E-state index contributed by atoms with van der Waals surface area (Å²) in [5.41, 5.74) is 5.08. The second kappa shape index (κ2) is 9.57. The van der Waals surface area contributed by atoms with Crippen molar-refractivity contribution in [3.8, 4) is 0 Å². The average molecular weight is 493 g/mol. The van der Waals surface area contributed by atoms with Gasteiger partial charge in [-0.15, -0.1) is 11.3 Å². The number of nitrogens with one attached hydrogen (secondary N) is 1. The molecule has 0 spiro atoms. The molecule has 2 heterocycles. The quantitative estimate of drug-likeness (QED) is 0.636. The maximum atomic E-state index is 13.6. The Morgan fingerprint density at radius 3 is 2.45 bits per heavy atom. The third-order valence-electron chi connectivity index (χ3n) is 4.51. The minimum absolute atomic E-state index is 0.00882. The standard InChI is InChI=1S/C18H19ClF2N4O4S2/c19-14-2-3-15(30-14)31(28,29)25-7-1-6-24(17(25)16(26)23-5-4-22)18(27)11-8-12(20)10-13(21)9-11/h2-3,8-10,17H,1,4-7,22H2,(H,23,26). The summed E-state index contributed by atoms with van der Waals surface area (Å²) in [6.07, 6.45) is -1.35. The van der Waals surface area contributed by atoms with Crippen LogP contribution < -0.4 is 11.1 Å². The minimum atomic E-state index is -4.19. The van der Waals surface area contributed by atoms with Gasteiger partial charge >= 0.3 is 0 Å². The Morgan fingerprint density at radius 1 is 1.19 bits per heavy atom. The molecule has 1 fully saturated rings. The van der Waals surface area contributed by atoms with Crippen molar-refractivity contribution >= 4 is 44.8 Å². The van der Waals surface area contributed by atoms with E-state index in [9.17, 15) is 26.8 Å². The van der Waals surface area contributed by atoms with Gasteiger partial charge < -0.3 is 16.0 Å². The molecule has 168 valence electrons. The van der Waals surface area contributed by atoms with Crippen LogP contribution in [0.15, 0.2) is 34.5 Å². The third kappa shape index (κ3) is 5.04. The van der Waals surface area contributed by atoms with Gasteiger partial charge in [0, 0.05) is 37.8 Å². The number of sulfonamides is 1. The molecule has 8 nitrogen and oxygen atoms in total. The molecule has 3 N–H and O–H groups in total. The number of hydrogen-bond acceptors (Lipinski definition) is 6. The zero-order chi connectivity index (χ0) is 22.8. The summed E-state index contributed by atoms with van der Waals surface area (Å²) in [5.74, 6) is -3.60. The number of rotatable bonds is 6. The van der Waals surface area contributed by atoms with Crippen molar-refractivity contribution in [2.75, 3.05) is 26.2 Å². The van der Waals surface area contributed by atoms with E-state index >= 15 is 0 Å². The van der Waals surface area contributed by atoms with Gasteiger partial charge in [-0.05, 0) is 30.7 Å². The Hall–Kier alpha value is -2.12. The molecular weight excluding hydrogens is 474 g/mol. The van der Waals surface area contributed by atoms with E-state index in [4.69, 9.17) is 17.3 Å². The second-order valence-electron chi connectivity index (χ2n) is 6.64. The van der Waals surface area contributed by atoms with Gasteiger partial charge in [0.25, 0.3) is 21.8 Å². The van der Waals surface area contributed by atoms with Crippen LogP contribution in [-0.2, 0) is 14.8 Å². The van der Waals surface area contributed by atoms with Crippen molar-refractivity contribution < 1.29 is 26.8 Å². The van der Waals surface area contributed by atoms with Crippen LogP contribution in [0.5, 0.6) is 0 Å². The number of carbonyl (C=O) groups excluding carboxylic acids is 2. The topological polar surface area (TPSA) is 113 Å². The third-order valence-corrected chi connectivity index (χ3v) is 8.06. The number of carbonyl (C=O) groups is 2. The predicted molar refractivity (Wildman–Crippen MR) is 111 cm³/mol. The summed E-state index contributed by atoms with van der Waals surface area (Å²) >= 11 is 6.68. The van der Waals surface area contributed by atoms with Crippen molar-refractivity contribution in [2.45, 2.75) is 16.8 Å². The number of benzene rings is 1. The van der Waals surface area contributed by atoms with Crippen LogP contribution in [0.25, 0.3) is 0 Å². The van der Waals surface area contributed by atoms with Crippen molar-refractivity contribution in [1.82, 2.24) is 14.5 Å². The fourth-order valence-corrected chi connectivity index (χ4v) is 6.42. The van der Waals surface area contributed by atoms with Gasteiger partial charge in [-0.25, -0.2) is 17.2 Å². The molecule has 1 saturated heterocycles. The second-order valence-corrected chi connectivity index (χ2v) is 10.5. The van der Waals surface area contributed by atoms with Crippen LogP contribution in [0.2, 0.25) is 4.34 Å². The molecule has 1 aromatic heterocycles. The fourth-order valence-electron chi connectivity index (χ4n) is 3.22. The van der Waals surface area contributed by atoms with Gasteiger partial charge in [0.05, 0.1) is 4.34 Å². The first-order valence-electron chi connectivity index (χ1n) is 9.17. The highest BCUT2D eigenvalue weighted by molar-refractivity contribution is 7.91. The molecule has 13 heteroatoms. The minimum Gasteiger partial charge on any atom is -0.352 e. The van der Waals surface area contributed by atoms with Gasteiger partial charge in [-0.3, -0.25) is 9.59 Å². The zero-order valence-corrected chi connectivity index (χ0v) is 18.4. The predicted octanol–water partition coefficient (Wildman–Crippen LogP) is 1.62. The Kier molecular flexibility index (Phi) is 7.27. The van der Waals surface area contributed by atoms with E-state index in [2.05, 4.69) is 5.32 Å². The molecule has 2 aromatic rings. The molecule has 0 radical (unpaired) electrons. The Bertz CT molecular complexity index is 1080. The van der Waals surface area contributed by atoms with Crippen molar-refractivity contribution in [3.63, 3.8) is 0 Å². The molecule has 1 unspecified atom stereocenters. The van der Waals surface area contributed by atoms with Crippen molar-refractivity contribution in [2.24, 2.45) is 5.73 Å². The normalized spacial score (nSPS) is 17.5. The number of amides is 2. The summed E-state index contributed by atoms with van der Waals surface area (Å²) in [7, 11) is -4.19. The summed E-state index contributed by atoms with van der Waals surface area (Å²) in [4.78, 5) is 26.9. The van der Waals surface area contributed by atoms with Crippen molar-refractivity contribution in [1.29, 1.82) is 0 Å². The summed E-state index contributed by atoms with van der Waals surface area (Å²) < 4.78 is 54.8. The molecule has 2 amide bonds. The van der Waals surface area contributed by atoms with Crippen LogP contribution in [0.1, 0.15) is 16.8 Å². The van der Waals surface area contributed by atoms with Crippen LogP contribution in [-0.4, -0.2) is 61.8 Å². The van der Waals surface area contributed by atoms with Gasteiger partial charge in [0.15, 0.2) is 6.17 Å². The Morgan fingerprint density at radius 2 is 1.87 bits per heavy atom. The van der Waals surface area contributed by atoms with Gasteiger partial charge in [0.2, 0.25) is 0 Å². The first-order valence-corrected chi connectivity index (χ1v) is 11.8. The largest absolute Gasteiger partial charge is 0.352 e. The lowest BCUT2D eigenvalue weighted by molar-refractivity contribution is -0.130. The van der Waals surface area contributed by atoms with Gasteiger partial charge in [-0.1, -0.05) is 11.6 Å². The molecule has 1 aliphatic heterocycles. The summed E-state index contributed by atoms with van der Waals surface area (Å²) in [6.45, 7) is 0.105. The number of hydrogen-bond donors (Lipinski definition) is 2.